The van der Waals surface area contributed by atoms with Gasteiger partial charge in [0, 0.05) is 13.1 Å². The fourth-order valence-electron chi connectivity index (χ4n) is 2.61. The van der Waals surface area contributed by atoms with Gasteiger partial charge in [-0.1, -0.05) is 39.8 Å². The van der Waals surface area contributed by atoms with E-state index in [1.54, 1.807) is 4.90 Å². The molecule has 0 aromatic rings. The third kappa shape index (κ3) is 5.85. The van der Waals surface area contributed by atoms with Gasteiger partial charge in [-0.05, 0) is 36.5 Å². The van der Waals surface area contributed by atoms with E-state index in [1.165, 1.54) is 4.90 Å². The highest BCUT2D eigenvalue weighted by Gasteiger charge is 2.35. The second-order valence-electron chi connectivity index (χ2n) is 7.84. The van der Waals surface area contributed by atoms with Crippen LogP contribution in [0.4, 0.5) is 4.79 Å². The first kappa shape index (κ1) is 19.5. The first-order chi connectivity index (χ1) is 10.6. The van der Waals surface area contributed by atoms with Crippen molar-refractivity contribution in [1.82, 2.24) is 9.80 Å². The zero-order valence-electron chi connectivity index (χ0n) is 15.2. The average molecular weight is 320 g/mol. The summed E-state index contributed by atoms with van der Waals surface area (Å²) < 4.78 is 0. The Morgan fingerprint density at radius 2 is 1.43 bits per heavy atom. The van der Waals surface area contributed by atoms with Gasteiger partial charge in [-0.25, -0.2) is 4.79 Å². The molecule has 0 saturated carbocycles. The van der Waals surface area contributed by atoms with E-state index in [2.05, 4.69) is 40.9 Å². The summed E-state index contributed by atoms with van der Waals surface area (Å²) in [6.45, 7) is 17.5. The molecule has 0 unspecified atom stereocenters. The molecule has 23 heavy (non-hydrogen) atoms. The molecule has 130 valence electrons. The lowest BCUT2D eigenvalue weighted by atomic mass is 9.88. The molecular weight excluding hydrogens is 288 g/mol. The Hall–Kier alpha value is -1.58. The molecule has 3 amide bonds. The van der Waals surface area contributed by atoms with Gasteiger partial charge >= 0.3 is 6.03 Å². The van der Waals surface area contributed by atoms with E-state index in [9.17, 15) is 9.59 Å². The van der Waals surface area contributed by atoms with Gasteiger partial charge < -0.3 is 4.90 Å². The normalized spacial score (nSPS) is 16.2. The number of rotatable bonds is 10. The zero-order valence-corrected chi connectivity index (χ0v) is 15.2. The van der Waals surface area contributed by atoms with Crippen molar-refractivity contribution < 1.29 is 9.59 Å². The fourth-order valence-corrected chi connectivity index (χ4v) is 2.61. The van der Waals surface area contributed by atoms with E-state index in [1.807, 2.05) is 12.2 Å². The molecule has 1 rings (SSSR count). The number of carbonyl (C=O) groups is 2. The third-order valence-electron chi connectivity index (χ3n) is 4.69. The molecule has 1 aliphatic heterocycles. The Bertz CT molecular complexity index is 466. The Balaban J connectivity index is 2.44. The number of allylic oxidation sites excluding steroid dienone is 2. The van der Waals surface area contributed by atoms with Gasteiger partial charge in [0.05, 0.1) is 0 Å². The van der Waals surface area contributed by atoms with Gasteiger partial charge in [-0.3, -0.25) is 9.69 Å². The van der Waals surface area contributed by atoms with Crippen molar-refractivity contribution in [2.24, 2.45) is 10.8 Å². The lowest BCUT2D eigenvalue weighted by Crippen LogP contribution is -2.34. The van der Waals surface area contributed by atoms with E-state index < -0.39 is 0 Å². The third-order valence-corrected chi connectivity index (χ3v) is 4.69. The minimum absolute atomic E-state index is 0.0434. The van der Waals surface area contributed by atoms with Gasteiger partial charge in [0.15, 0.2) is 0 Å². The Kier molecular flexibility index (Phi) is 6.60. The van der Waals surface area contributed by atoms with Crippen molar-refractivity contribution in [2.45, 2.75) is 53.4 Å². The van der Waals surface area contributed by atoms with E-state index in [-0.39, 0.29) is 29.3 Å². The maximum absolute atomic E-state index is 12.4. The number of urea groups is 1. The highest BCUT2D eigenvalue weighted by Crippen LogP contribution is 2.25. The Morgan fingerprint density at radius 1 is 0.957 bits per heavy atom. The zero-order chi connectivity index (χ0) is 17.7. The summed E-state index contributed by atoms with van der Waals surface area (Å²) in [7, 11) is 0. The number of hydrogen-bond acceptors (Lipinski definition) is 2. The van der Waals surface area contributed by atoms with Gasteiger partial charge in [0.1, 0.15) is 6.54 Å². The van der Waals surface area contributed by atoms with Crippen LogP contribution in [0.5, 0.6) is 0 Å². The van der Waals surface area contributed by atoms with Crippen molar-refractivity contribution in [3.8, 4) is 0 Å². The van der Waals surface area contributed by atoms with E-state index in [4.69, 9.17) is 0 Å². The number of amides is 3. The molecule has 1 saturated heterocycles. The van der Waals surface area contributed by atoms with Crippen LogP contribution in [0.2, 0.25) is 0 Å². The summed E-state index contributed by atoms with van der Waals surface area (Å²) in [5.74, 6) is -0.0746. The molecule has 4 nitrogen and oxygen atoms in total. The first-order valence-electron chi connectivity index (χ1n) is 8.48. The van der Waals surface area contributed by atoms with Gasteiger partial charge in [-0.15, -0.1) is 13.2 Å². The SMILES string of the molecule is C=CC(C)(C)CCCN1CC(=O)N(CCCC(C)(C)C=C)C1=O. The van der Waals surface area contributed by atoms with Gasteiger partial charge in [0.25, 0.3) is 0 Å². The summed E-state index contributed by atoms with van der Waals surface area (Å²) in [5.41, 5.74) is 0.116. The monoisotopic (exact) mass is 320 g/mol. The molecule has 0 radical (unpaired) electrons. The molecular formula is C19H32N2O2. The van der Waals surface area contributed by atoms with E-state index in [0.29, 0.717) is 13.1 Å². The molecule has 1 fully saturated rings. The summed E-state index contributed by atoms with van der Waals surface area (Å²) in [5, 5.41) is 0. The molecule has 0 spiro atoms. The van der Waals surface area contributed by atoms with Crippen molar-refractivity contribution in [2.75, 3.05) is 19.6 Å². The maximum atomic E-state index is 12.4. The van der Waals surface area contributed by atoms with Gasteiger partial charge in [0.2, 0.25) is 5.91 Å². The lowest BCUT2D eigenvalue weighted by molar-refractivity contribution is -0.125. The van der Waals surface area contributed by atoms with Crippen LogP contribution in [-0.2, 0) is 4.79 Å². The molecule has 4 heteroatoms. The second kappa shape index (κ2) is 7.80. The predicted octanol–water partition coefficient (Wildman–Crippen LogP) is 4.24. The predicted molar refractivity (Wildman–Crippen MR) is 95.1 cm³/mol. The molecule has 0 bridgehead atoms. The number of imide groups is 1. The molecule has 0 N–H and O–H groups in total. The highest BCUT2D eigenvalue weighted by molar-refractivity contribution is 6.01. The van der Waals surface area contributed by atoms with Crippen LogP contribution in [0.15, 0.2) is 25.3 Å². The smallest absolute Gasteiger partial charge is 0.315 e. The van der Waals surface area contributed by atoms with Crippen molar-refractivity contribution >= 4 is 11.9 Å². The summed E-state index contributed by atoms with van der Waals surface area (Å²) >= 11 is 0. The quantitative estimate of drug-likeness (QED) is 0.446. The van der Waals surface area contributed by atoms with Crippen LogP contribution >= 0.6 is 0 Å². The maximum Gasteiger partial charge on any atom is 0.327 e. The molecule has 0 aromatic heterocycles. The molecule has 1 heterocycles. The van der Waals surface area contributed by atoms with Crippen LogP contribution in [0.25, 0.3) is 0 Å². The molecule has 0 aromatic carbocycles. The number of nitrogens with zero attached hydrogens (tertiary/aromatic N) is 2. The Labute approximate surface area is 141 Å². The summed E-state index contributed by atoms with van der Waals surface area (Å²) in [6, 6.07) is -0.136. The largest absolute Gasteiger partial charge is 0.327 e. The molecule has 0 aliphatic carbocycles. The standard InChI is InChI=1S/C19H32N2O2/c1-7-18(3,4)11-9-13-20-15-16(22)21(17(20)23)14-10-12-19(5,6)8-2/h7-8H,1-2,9-15H2,3-6H3. The first-order valence-corrected chi connectivity index (χ1v) is 8.48. The fraction of sp³-hybridized carbons (Fsp3) is 0.684. The van der Waals surface area contributed by atoms with Crippen LogP contribution < -0.4 is 0 Å². The van der Waals surface area contributed by atoms with Crippen LogP contribution in [-0.4, -0.2) is 41.4 Å². The van der Waals surface area contributed by atoms with Crippen molar-refractivity contribution in [1.29, 1.82) is 0 Å². The Morgan fingerprint density at radius 3 is 1.91 bits per heavy atom. The van der Waals surface area contributed by atoms with E-state index >= 15 is 0 Å². The lowest BCUT2D eigenvalue weighted by Gasteiger charge is -2.23. The number of hydrogen-bond donors (Lipinski definition) is 0. The second-order valence-corrected chi connectivity index (χ2v) is 7.84. The minimum atomic E-state index is -0.136. The van der Waals surface area contributed by atoms with Crippen LogP contribution in [0.1, 0.15) is 53.4 Å². The summed E-state index contributed by atoms with van der Waals surface area (Å²) in [6.07, 6.45) is 7.44. The van der Waals surface area contributed by atoms with Crippen molar-refractivity contribution in [3.63, 3.8) is 0 Å². The average Bonchev–Trinajstić information content (AvgIpc) is 2.74. The summed E-state index contributed by atoms with van der Waals surface area (Å²) in [4.78, 5) is 27.5. The molecule has 1 aliphatic rings. The molecule has 0 atom stereocenters. The van der Waals surface area contributed by atoms with Crippen LogP contribution in [0.3, 0.4) is 0 Å². The minimum Gasteiger partial charge on any atom is -0.315 e. The van der Waals surface area contributed by atoms with Crippen LogP contribution in [0, 0.1) is 10.8 Å². The highest BCUT2D eigenvalue weighted by atomic mass is 16.2. The van der Waals surface area contributed by atoms with E-state index in [0.717, 1.165) is 25.7 Å². The number of carbonyl (C=O) groups excluding carboxylic acids is 2. The topological polar surface area (TPSA) is 40.6 Å². The van der Waals surface area contributed by atoms with Crippen molar-refractivity contribution in [3.05, 3.63) is 25.3 Å². The van der Waals surface area contributed by atoms with Gasteiger partial charge in [-0.2, -0.15) is 0 Å².